The van der Waals surface area contributed by atoms with E-state index in [0.717, 1.165) is 6.54 Å². The summed E-state index contributed by atoms with van der Waals surface area (Å²) in [6.07, 6.45) is 0. The zero-order chi connectivity index (χ0) is 12.9. The van der Waals surface area contributed by atoms with Gasteiger partial charge in [0, 0.05) is 19.3 Å². The van der Waals surface area contributed by atoms with Gasteiger partial charge in [-0.15, -0.1) is 0 Å². The molecule has 0 aliphatic heterocycles. The molecule has 17 heavy (non-hydrogen) atoms. The summed E-state index contributed by atoms with van der Waals surface area (Å²) in [6, 6.07) is 10.6. The van der Waals surface area contributed by atoms with Crippen LogP contribution >= 0.6 is 0 Å². The summed E-state index contributed by atoms with van der Waals surface area (Å²) in [7, 11) is 2.02. The number of hydrogen-bond acceptors (Lipinski definition) is 3. The predicted molar refractivity (Wildman–Crippen MR) is 72.1 cm³/mol. The van der Waals surface area contributed by atoms with Crippen LogP contribution in [0.2, 0.25) is 0 Å². The van der Waals surface area contributed by atoms with Crippen LogP contribution in [0.4, 0.5) is 5.69 Å². The number of anilines is 1. The third kappa shape index (κ3) is 3.47. The van der Waals surface area contributed by atoms with Crippen LogP contribution in [-0.2, 0) is 0 Å². The zero-order valence-corrected chi connectivity index (χ0v) is 11.1. The lowest BCUT2D eigenvalue weighted by atomic mass is 10.0. The van der Waals surface area contributed by atoms with Gasteiger partial charge >= 0.3 is 0 Å². The van der Waals surface area contributed by atoms with Crippen LogP contribution in [0.25, 0.3) is 0 Å². The highest BCUT2D eigenvalue weighted by molar-refractivity contribution is 5.52. The molecule has 0 fully saturated rings. The average Bonchev–Trinajstić information content (AvgIpc) is 2.29. The first-order chi connectivity index (χ1) is 8.02. The molecule has 0 saturated heterocycles. The van der Waals surface area contributed by atoms with Gasteiger partial charge in [0.1, 0.15) is 5.54 Å². The molecule has 1 rings (SSSR count). The Kier molecular flexibility index (Phi) is 4.53. The van der Waals surface area contributed by atoms with E-state index in [2.05, 4.69) is 35.3 Å². The molecule has 0 radical (unpaired) electrons. The van der Waals surface area contributed by atoms with E-state index in [1.165, 1.54) is 11.3 Å². The highest BCUT2D eigenvalue weighted by Gasteiger charge is 2.24. The predicted octanol–water partition coefficient (Wildman–Crippen LogP) is 2.32. The van der Waals surface area contributed by atoms with Gasteiger partial charge in [-0.1, -0.05) is 25.1 Å². The molecule has 0 bridgehead atoms. The molecule has 0 aliphatic carbocycles. The van der Waals surface area contributed by atoms with Gasteiger partial charge < -0.3 is 4.90 Å². The zero-order valence-electron chi connectivity index (χ0n) is 11.1. The smallest absolute Gasteiger partial charge is 0.121 e. The van der Waals surface area contributed by atoms with E-state index in [9.17, 15) is 5.26 Å². The molecule has 0 aromatic heterocycles. The molecule has 0 amide bonds. The first-order valence-corrected chi connectivity index (χ1v) is 5.95. The van der Waals surface area contributed by atoms with Gasteiger partial charge in [-0.3, -0.25) is 5.32 Å². The minimum atomic E-state index is -0.508. The van der Waals surface area contributed by atoms with Gasteiger partial charge in [-0.2, -0.15) is 5.26 Å². The number of rotatable bonds is 5. The van der Waals surface area contributed by atoms with Gasteiger partial charge in [-0.25, -0.2) is 0 Å². The summed E-state index contributed by atoms with van der Waals surface area (Å²) in [5.41, 5.74) is 1.89. The fourth-order valence-corrected chi connectivity index (χ4v) is 2.07. The normalized spacial score (nSPS) is 13.8. The highest BCUT2D eigenvalue weighted by atomic mass is 15.1. The van der Waals surface area contributed by atoms with Crippen molar-refractivity contribution < 1.29 is 0 Å². The molecule has 0 spiro atoms. The maximum absolute atomic E-state index is 9.24. The number of benzene rings is 1. The Hall–Kier alpha value is -1.53. The van der Waals surface area contributed by atoms with E-state index in [0.29, 0.717) is 6.54 Å². The van der Waals surface area contributed by atoms with Crippen molar-refractivity contribution in [2.75, 3.05) is 25.0 Å². The Labute approximate surface area is 104 Å². The summed E-state index contributed by atoms with van der Waals surface area (Å²) in [6.45, 7) is 7.51. The van der Waals surface area contributed by atoms with Crippen molar-refractivity contribution in [3.8, 4) is 6.07 Å². The van der Waals surface area contributed by atoms with Gasteiger partial charge in [0.25, 0.3) is 0 Å². The molecule has 1 aromatic rings. The largest absolute Gasteiger partial charge is 0.371 e. The first-order valence-electron chi connectivity index (χ1n) is 5.95. The summed E-state index contributed by atoms with van der Waals surface area (Å²) in [5, 5.41) is 12.5. The monoisotopic (exact) mass is 231 g/mol. The van der Waals surface area contributed by atoms with Crippen LogP contribution in [0.3, 0.4) is 0 Å². The molecular formula is C14H21N3. The van der Waals surface area contributed by atoms with Gasteiger partial charge in [-0.05, 0) is 32.0 Å². The average molecular weight is 231 g/mol. The SMILES string of the molecule is CCNC(C)(C#N)CN(C)c1ccccc1C. The summed E-state index contributed by atoms with van der Waals surface area (Å²) < 4.78 is 0. The molecule has 1 unspecified atom stereocenters. The Bertz CT molecular complexity index is 408. The molecule has 0 heterocycles. The van der Waals surface area contributed by atoms with E-state index < -0.39 is 5.54 Å². The summed E-state index contributed by atoms with van der Waals surface area (Å²) in [5.74, 6) is 0. The fourth-order valence-electron chi connectivity index (χ4n) is 2.07. The Morgan fingerprint density at radius 3 is 2.59 bits per heavy atom. The third-order valence-corrected chi connectivity index (χ3v) is 2.89. The Balaban J connectivity index is 2.82. The first kappa shape index (κ1) is 13.5. The van der Waals surface area contributed by atoms with E-state index in [4.69, 9.17) is 0 Å². The second kappa shape index (κ2) is 5.70. The standard InChI is InChI=1S/C14H21N3/c1-5-16-14(3,10-15)11-17(4)13-9-7-6-8-12(13)2/h6-9,16H,5,11H2,1-4H3. The fraction of sp³-hybridized carbons (Fsp3) is 0.500. The van der Waals surface area contributed by atoms with Crippen molar-refractivity contribution in [2.45, 2.75) is 26.3 Å². The van der Waals surface area contributed by atoms with Crippen molar-refractivity contribution in [3.05, 3.63) is 29.8 Å². The van der Waals surface area contributed by atoms with Crippen molar-refractivity contribution in [3.63, 3.8) is 0 Å². The number of hydrogen-bond donors (Lipinski definition) is 1. The van der Waals surface area contributed by atoms with Crippen molar-refractivity contribution in [1.82, 2.24) is 5.32 Å². The maximum Gasteiger partial charge on any atom is 0.121 e. The number of para-hydroxylation sites is 1. The van der Waals surface area contributed by atoms with E-state index >= 15 is 0 Å². The number of likely N-dealkylation sites (N-methyl/N-ethyl adjacent to an activating group) is 2. The van der Waals surface area contributed by atoms with Crippen LogP contribution in [0.5, 0.6) is 0 Å². The lowest BCUT2D eigenvalue weighted by Gasteiger charge is -2.30. The van der Waals surface area contributed by atoms with Crippen molar-refractivity contribution >= 4 is 5.69 Å². The molecule has 3 heteroatoms. The Morgan fingerprint density at radius 2 is 2.06 bits per heavy atom. The van der Waals surface area contributed by atoms with Crippen LogP contribution in [0.15, 0.2) is 24.3 Å². The lowest BCUT2D eigenvalue weighted by molar-refractivity contribution is 0.462. The summed E-state index contributed by atoms with van der Waals surface area (Å²) >= 11 is 0. The van der Waals surface area contributed by atoms with Gasteiger partial charge in [0.15, 0.2) is 0 Å². The molecule has 3 nitrogen and oxygen atoms in total. The Morgan fingerprint density at radius 1 is 1.41 bits per heavy atom. The number of nitrogens with one attached hydrogen (secondary N) is 1. The van der Waals surface area contributed by atoms with Crippen molar-refractivity contribution in [2.24, 2.45) is 0 Å². The number of nitrogens with zero attached hydrogens (tertiary/aromatic N) is 2. The maximum atomic E-state index is 9.24. The minimum absolute atomic E-state index is 0.508. The number of aryl methyl sites for hydroxylation is 1. The second-order valence-electron chi connectivity index (χ2n) is 4.62. The topological polar surface area (TPSA) is 39.1 Å². The molecular weight excluding hydrogens is 210 g/mol. The quantitative estimate of drug-likeness (QED) is 0.845. The molecule has 92 valence electrons. The third-order valence-electron chi connectivity index (χ3n) is 2.89. The molecule has 1 aromatic carbocycles. The van der Waals surface area contributed by atoms with Crippen LogP contribution in [0.1, 0.15) is 19.4 Å². The van der Waals surface area contributed by atoms with Gasteiger partial charge in [0.2, 0.25) is 0 Å². The van der Waals surface area contributed by atoms with Crippen LogP contribution in [-0.4, -0.2) is 25.7 Å². The highest BCUT2D eigenvalue weighted by Crippen LogP contribution is 2.19. The minimum Gasteiger partial charge on any atom is -0.371 e. The second-order valence-corrected chi connectivity index (χ2v) is 4.62. The molecule has 0 saturated carbocycles. The van der Waals surface area contributed by atoms with Crippen LogP contribution in [0, 0.1) is 18.3 Å². The van der Waals surface area contributed by atoms with Gasteiger partial charge in [0.05, 0.1) is 6.07 Å². The molecule has 1 atom stereocenters. The molecule has 1 N–H and O–H groups in total. The van der Waals surface area contributed by atoms with Crippen LogP contribution < -0.4 is 10.2 Å². The van der Waals surface area contributed by atoms with E-state index in [-0.39, 0.29) is 0 Å². The van der Waals surface area contributed by atoms with Crippen molar-refractivity contribution in [1.29, 1.82) is 5.26 Å². The lowest BCUT2D eigenvalue weighted by Crippen LogP contribution is -2.49. The molecule has 0 aliphatic rings. The summed E-state index contributed by atoms with van der Waals surface area (Å²) in [4.78, 5) is 2.13. The van der Waals surface area contributed by atoms with E-state index in [1.807, 2.05) is 33.0 Å². The van der Waals surface area contributed by atoms with E-state index in [1.54, 1.807) is 0 Å². The number of nitriles is 1.